The summed E-state index contributed by atoms with van der Waals surface area (Å²) in [6, 6.07) is 5.16. The van der Waals surface area contributed by atoms with Crippen LogP contribution in [0.25, 0.3) is 10.6 Å². The molecule has 2 rings (SSSR count). The van der Waals surface area contributed by atoms with Gasteiger partial charge in [0.25, 0.3) is 0 Å². The smallest absolute Gasteiger partial charge is 0.329 e. The van der Waals surface area contributed by atoms with Crippen molar-refractivity contribution in [2.75, 3.05) is 19.8 Å². The number of benzene rings is 1. The number of aromatic nitrogens is 1. The Balaban J connectivity index is 1.85. The van der Waals surface area contributed by atoms with Gasteiger partial charge in [0.1, 0.15) is 11.6 Å². The zero-order chi connectivity index (χ0) is 17.5. The van der Waals surface area contributed by atoms with Crippen molar-refractivity contribution in [3.8, 4) is 10.6 Å². The van der Waals surface area contributed by atoms with Gasteiger partial charge in [0.2, 0.25) is 5.91 Å². The molecule has 0 atom stereocenters. The van der Waals surface area contributed by atoms with E-state index in [9.17, 15) is 9.59 Å². The predicted molar refractivity (Wildman–Crippen MR) is 92.7 cm³/mol. The molecule has 2 aromatic rings. The summed E-state index contributed by atoms with van der Waals surface area (Å²) in [7, 11) is 0. The molecule has 0 radical (unpaired) electrons. The van der Waals surface area contributed by atoms with Crippen molar-refractivity contribution in [2.45, 2.75) is 6.42 Å². The SMILES string of the molecule is O=C(O)COCCNC(=O)Cc1csc(-c2ccc(Cl)cc2Cl)n1. The average molecular weight is 389 g/mol. The molecule has 9 heteroatoms. The van der Waals surface area contributed by atoms with Crippen LogP contribution in [0.2, 0.25) is 10.0 Å². The molecule has 6 nitrogen and oxygen atoms in total. The maximum absolute atomic E-state index is 11.8. The van der Waals surface area contributed by atoms with Gasteiger partial charge >= 0.3 is 5.97 Å². The third-order valence-corrected chi connectivity index (χ3v) is 4.32. The third kappa shape index (κ3) is 5.76. The molecule has 24 heavy (non-hydrogen) atoms. The molecule has 0 aliphatic carbocycles. The van der Waals surface area contributed by atoms with Crippen LogP contribution in [0.3, 0.4) is 0 Å². The Morgan fingerprint density at radius 2 is 2.12 bits per heavy atom. The molecular weight excluding hydrogens is 375 g/mol. The molecule has 0 fully saturated rings. The van der Waals surface area contributed by atoms with Crippen LogP contribution in [-0.4, -0.2) is 41.7 Å². The van der Waals surface area contributed by atoms with Crippen LogP contribution in [-0.2, 0) is 20.7 Å². The first-order chi connectivity index (χ1) is 11.5. The molecule has 1 amide bonds. The highest BCUT2D eigenvalue weighted by Gasteiger charge is 2.11. The monoisotopic (exact) mass is 388 g/mol. The summed E-state index contributed by atoms with van der Waals surface area (Å²) in [6.07, 6.45) is 0.126. The van der Waals surface area contributed by atoms with E-state index in [0.29, 0.717) is 20.7 Å². The van der Waals surface area contributed by atoms with Gasteiger partial charge in [0.05, 0.1) is 23.7 Å². The lowest BCUT2D eigenvalue weighted by molar-refractivity contribution is -0.142. The normalized spacial score (nSPS) is 10.6. The van der Waals surface area contributed by atoms with E-state index in [1.807, 2.05) is 0 Å². The third-order valence-electron chi connectivity index (χ3n) is 2.85. The Morgan fingerprint density at radius 1 is 1.33 bits per heavy atom. The first kappa shape index (κ1) is 18.7. The van der Waals surface area contributed by atoms with Crippen LogP contribution in [0.5, 0.6) is 0 Å². The molecule has 0 aliphatic rings. The molecule has 0 aliphatic heterocycles. The van der Waals surface area contributed by atoms with Crippen molar-refractivity contribution in [3.05, 3.63) is 39.3 Å². The van der Waals surface area contributed by atoms with Gasteiger partial charge in [-0.25, -0.2) is 9.78 Å². The fourth-order valence-corrected chi connectivity index (χ4v) is 3.24. The molecule has 128 valence electrons. The number of carboxylic acids is 1. The number of aliphatic carboxylic acids is 1. The quantitative estimate of drug-likeness (QED) is 0.678. The van der Waals surface area contributed by atoms with Gasteiger partial charge in [0.15, 0.2) is 0 Å². The minimum atomic E-state index is -1.04. The molecule has 0 spiro atoms. The van der Waals surface area contributed by atoms with Gasteiger partial charge in [-0.3, -0.25) is 4.79 Å². The zero-order valence-corrected chi connectivity index (χ0v) is 14.7. The van der Waals surface area contributed by atoms with E-state index in [0.717, 1.165) is 5.56 Å². The molecular formula is C15H14Cl2N2O4S. The highest BCUT2D eigenvalue weighted by molar-refractivity contribution is 7.13. The number of carbonyl (C=O) groups is 2. The van der Waals surface area contributed by atoms with Crippen molar-refractivity contribution in [3.63, 3.8) is 0 Å². The highest BCUT2D eigenvalue weighted by Crippen LogP contribution is 2.32. The second-order valence-electron chi connectivity index (χ2n) is 4.74. The maximum Gasteiger partial charge on any atom is 0.329 e. The van der Waals surface area contributed by atoms with Gasteiger partial charge in [-0.1, -0.05) is 23.2 Å². The van der Waals surface area contributed by atoms with E-state index in [4.69, 9.17) is 33.0 Å². The summed E-state index contributed by atoms with van der Waals surface area (Å²) in [5.74, 6) is -1.26. The van der Waals surface area contributed by atoms with Crippen molar-refractivity contribution < 1.29 is 19.4 Å². The van der Waals surface area contributed by atoms with E-state index in [-0.39, 0.29) is 32.1 Å². The standard InChI is InChI=1S/C15H14Cl2N2O4S/c16-9-1-2-11(12(17)5-9)15-19-10(8-24-15)6-13(20)18-3-4-23-7-14(21)22/h1-2,5,8H,3-4,6-7H2,(H,18,20)(H,21,22). The first-order valence-corrected chi connectivity index (χ1v) is 8.55. The molecule has 0 saturated heterocycles. The van der Waals surface area contributed by atoms with Gasteiger partial charge in [-0.05, 0) is 18.2 Å². The minimum absolute atomic E-state index is 0.126. The lowest BCUT2D eigenvalue weighted by Gasteiger charge is -2.04. The second-order valence-corrected chi connectivity index (χ2v) is 6.44. The Kier molecular flexibility index (Phi) is 6.99. The predicted octanol–water partition coefficient (Wildman–Crippen LogP) is 2.88. The molecule has 2 N–H and O–H groups in total. The average Bonchev–Trinajstić information content (AvgIpc) is 2.94. The number of carboxylic acid groups (broad SMARTS) is 1. The molecule has 0 unspecified atom stereocenters. The fraction of sp³-hybridized carbons (Fsp3) is 0.267. The number of nitrogens with zero attached hydrogens (tertiary/aromatic N) is 1. The number of hydrogen-bond acceptors (Lipinski definition) is 5. The lowest BCUT2D eigenvalue weighted by atomic mass is 10.2. The summed E-state index contributed by atoms with van der Waals surface area (Å²) in [5, 5.41) is 14.6. The molecule has 1 aromatic carbocycles. The van der Waals surface area contributed by atoms with Crippen LogP contribution >= 0.6 is 34.5 Å². The van der Waals surface area contributed by atoms with Crippen LogP contribution in [0.1, 0.15) is 5.69 Å². The van der Waals surface area contributed by atoms with Crippen LogP contribution in [0.15, 0.2) is 23.6 Å². The van der Waals surface area contributed by atoms with E-state index < -0.39 is 5.97 Å². The van der Waals surface area contributed by atoms with E-state index >= 15 is 0 Å². The summed E-state index contributed by atoms with van der Waals surface area (Å²) >= 11 is 13.4. The lowest BCUT2D eigenvalue weighted by Crippen LogP contribution is -2.29. The number of rotatable bonds is 8. The van der Waals surface area contributed by atoms with Crippen molar-refractivity contribution in [2.24, 2.45) is 0 Å². The second kappa shape index (κ2) is 8.98. The van der Waals surface area contributed by atoms with E-state index in [1.54, 1.807) is 23.6 Å². The van der Waals surface area contributed by atoms with Crippen molar-refractivity contribution in [1.82, 2.24) is 10.3 Å². The summed E-state index contributed by atoms with van der Waals surface area (Å²) in [6.45, 7) is 0.0000261. The number of nitrogens with one attached hydrogen (secondary N) is 1. The van der Waals surface area contributed by atoms with Crippen molar-refractivity contribution in [1.29, 1.82) is 0 Å². The van der Waals surface area contributed by atoms with Gasteiger partial charge < -0.3 is 15.2 Å². The van der Waals surface area contributed by atoms with Crippen molar-refractivity contribution >= 4 is 46.4 Å². The number of carbonyl (C=O) groups excluding carboxylic acids is 1. The fourth-order valence-electron chi connectivity index (χ4n) is 1.82. The molecule has 1 heterocycles. The number of hydrogen-bond donors (Lipinski definition) is 2. The topological polar surface area (TPSA) is 88.5 Å². The van der Waals surface area contributed by atoms with Gasteiger partial charge in [-0.2, -0.15) is 0 Å². The maximum atomic E-state index is 11.8. The van der Waals surface area contributed by atoms with E-state index in [1.165, 1.54) is 11.3 Å². The van der Waals surface area contributed by atoms with Crippen LogP contribution < -0.4 is 5.32 Å². The van der Waals surface area contributed by atoms with Crippen LogP contribution in [0, 0.1) is 0 Å². The number of ether oxygens (including phenoxy) is 1. The Hall–Kier alpha value is -1.67. The molecule has 0 saturated carbocycles. The number of thiazole rings is 1. The molecule has 1 aromatic heterocycles. The molecule has 0 bridgehead atoms. The van der Waals surface area contributed by atoms with Gasteiger partial charge in [0, 0.05) is 22.5 Å². The first-order valence-electron chi connectivity index (χ1n) is 6.92. The van der Waals surface area contributed by atoms with E-state index in [2.05, 4.69) is 10.3 Å². The largest absolute Gasteiger partial charge is 0.480 e. The Morgan fingerprint density at radius 3 is 2.83 bits per heavy atom. The zero-order valence-electron chi connectivity index (χ0n) is 12.4. The number of halogens is 2. The highest BCUT2D eigenvalue weighted by atomic mass is 35.5. The summed E-state index contributed by atoms with van der Waals surface area (Å²) < 4.78 is 4.83. The summed E-state index contributed by atoms with van der Waals surface area (Å²) in [5.41, 5.74) is 1.39. The Bertz CT molecular complexity index is 736. The van der Waals surface area contributed by atoms with Crippen LogP contribution in [0.4, 0.5) is 0 Å². The summed E-state index contributed by atoms with van der Waals surface area (Å²) in [4.78, 5) is 26.5. The minimum Gasteiger partial charge on any atom is -0.480 e. The number of amides is 1. The Labute approximate surface area is 152 Å². The van der Waals surface area contributed by atoms with Gasteiger partial charge in [-0.15, -0.1) is 11.3 Å².